The molecule has 0 aliphatic carbocycles. The fraction of sp³-hybridized carbons (Fsp3) is 0.375. The minimum absolute atomic E-state index is 0.0438. The van der Waals surface area contributed by atoms with Gasteiger partial charge in [0, 0.05) is 71.6 Å². The summed E-state index contributed by atoms with van der Waals surface area (Å²) in [5, 5.41) is 6.30. The number of alkyl halides is 4. The number of hydrogen-bond donors (Lipinski definition) is 1. The zero-order valence-electron chi connectivity index (χ0n) is 20.9. The van der Waals surface area contributed by atoms with E-state index in [4.69, 9.17) is 16.6 Å². The maximum Gasteiger partial charge on any atom is 0.333 e. The maximum atomic E-state index is 14.0. The van der Waals surface area contributed by atoms with Gasteiger partial charge in [-0.05, 0) is 18.2 Å². The van der Waals surface area contributed by atoms with E-state index < -0.39 is 53.5 Å². The molecule has 2 aromatic heterocycles. The average molecular weight is 634 g/mol. The van der Waals surface area contributed by atoms with Crippen molar-refractivity contribution in [2.45, 2.75) is 37.4 Å². The van der Waals surface area contributed by atoms with Crippen molar-refractivity contribution >= 4 is 44.6 Å². The molecule has 0 bridgehead atoms. The molecule has 3 aromatic rings. The standard InChI is InChI=1S/C24H21ClF5N7O2S2/c25-16-9-13(26)1-2-15(16)20-19(17-3-6-37(33-17)23(27)28)18-10-14(11-36(18)21(32-20)22-31-5-8-40-22)34-41(38,39)35-7-4-24(29,30)12-35/h1-3,5-6,8-9,14,20,23,34H,4,7,10-12H2/t14-,20-/m0/s1. The molecular weight excluding hydrogens is 613 g/mol. The van der Waals surface area contributed by atoms with Crippen molar-refractivity contribution in [2.24, 2.45) is 4.99 Å². The summed E-state index contributed by atoms with van der Waals surface area (Å²) in [5.41, 5.74) is 1.39. The van der Waals surface area contributed by atoms with Crippen LogP contribution in [0.4, 0.5) is 22.0 Å². The lowest BCUT2D eigenvalue weighted by atomic mass is 9.92. The van der Waals surface area contributed by atoms with Crippen molar-refractivity contribution in [3.05, 3.63) is 74.8 Å². The first-order valence-corrected chi connectivity index (χ1v) is 15.0. The number of benzene rings is 1. The molecule has 0 radical (unpaired) electrons. The van der Waals surface area contributed by atoms with Crippen LogP contribution in [-0.4, -0.2) is 69.8 Å². The Bertz CT molecular complexity index is 1650. The number of rotatable bonds is 7. The summed E-state index contributed by atoms with van der Waals surface area (Å²) in [4.78, 5) is 10.9. The van der Waals surface area contributed by atoms with Crippen LogP contribution in [0.2, 0.25) is 5.02 Å². The second-order valence-electron chi connectivity index (χ2n) is 9.75. The summed E-state index contributed by atoms with van der Waals surface area (Å²) in [6.07, 6.45) is 2.15. The Labute approximate surface area is 240 Å². The van der Waals surface area contributed by atoms with Gasteiger partial charge in [-0.25, -0.2) is 22.8 Å². The van der Waals surface area contributed by atoms with Crippen LogP contribution in [-0.2, 0) is 10.2 Å². The molecule has 0 saturated carbocycles. The van der Waals surface area contributed by atoms with Crippen molar-refractivity contribution in [3.8, 4) is 0 Å². The number of aromatic nitrogens is 3. The van der Waals surface area contributed by atoms with Crippen molar-refractivity contribution in [1.29, 1.82) is 0 Å². The second kappa shape index (κ2) is 10.4. The SMILES string of the molecule is O=S(=O)(N[C@H]1CC2=C(c3ccn(C(F)F)n3)[C@H](c3ccc(F)cc3Cl)N=C(c3nccs3)N2C1)N1CCC(F)(F)C1. The molecule has 9 nitrogen and oxygen atoms in total. The monoisotopic (exact) mass is 633 g/mol. The zero-order valence-corrected chi connectivity index (χ0v) is 23.3. The molecule has 1 aromatic carbocycles. The van der Waals surface area contributed by atoms with Crippen LogP contribution >= 0.6 is 22.9 Å². The Morgan fingerprint density at radius 2 is 2.02 bits per heavy atom. The van der Waals surface area contributed by atoms with Crippen LogP contribution in [0, 0.1) is 5.82 Å². The van der Waals surface area contributed by atoms with E-state index in [0.29, 0.717) is 36.7 Å². The van der Waals surface area contributed by atoms with Crippen molar-refractivity contribution in [3.63, 3.8) is 0 Å². The Balaban J connectivity index is 1.46. The highest BCUT2D eigenvalue weighted by atomic mass is 35.5. The number of aliphatic imine (C=N–C) groups is 1. The van der Waals surface area contributed by atoms with Gasteiger partial charge in [-0.3, -0.25) is 4.99 Å². The van der Waals surface area contributed by atoms with Crippen LogP contribution in [0.3, 0.4) is 0 Å². The number of fused-ring (bicyclic) bond motifs is 1. The van der Waals surface area contributed by atoms with Gasteiger partial charge in [0.1, 0.15) is 11.9 Å². The highest BCUT2D eigenvalue weighted by Gasteiger charge is 2.46. The minimum atomic E-state index is -4.28. The van der Waals surface area contributed by atoms with Gasteiger partial charge in [-0.2, -0.15) is 31.3 Å². The highest BCUT2D eigenvalue weighted by Crippen LogP contribution is 2.46. The minimum Gasteiger partial charge on any atom is -0.326 e. The second-order valence-corrected chi connectivity index (χ2v) is 12.8. The largest absolute Gasteiger partial charge is 0.333 e. The van der Waals surface area contributed by atoms with Gasteiger partial charge >= 0.3 is 6.55 Å². The van der Waals surface area contributed by atoms with Gasteiger partial charge in [0.05, 0.1) is 12.2 Å². The number of nitrogens with zero attached hydrogens (tertiary/aromatic N) is 6. The molecule has 17 heteroatoms. The number of amidine groups is 1. The lowest BCUT2D eigenvalue weighted by Crippen LogP contribution is -2.46. The van der Waals surface area contributed by atoms with E-state index in [2.05, 4.69) is 14.8 Å². The Morgan fingerprint density at radius 3 is 2.66 bits per heavy atom. The quantitative estimate of drug-likeness (QED) is 0.381. The molecule has 218 valence electrons. The molecule has 6 rings (SSSR count). The first-order chi connectivity index (χ1) is 19.4. The van der Waals surface area contributed by atoms with E-state index >= 15 is 0 Å². The van der Waals surface area contributed by atoms with Crippen LogP contribution in [0.15, 0.2) is 52.7 Å². The normalized spacial score (nSPS) is 23.0. The summed E-state index contributed by atoms with van der Waals surface area (Å²) in [7, 11) is -4.28. The van der Waals surface area contributed by atoms with Crippen molar-refractivity contribution in [1.82, 2.24) is 28.7 Å². The zero-order chi connectivity index (χ0) is 29.1. The predicted octanol–water partition coefficient (Wildman–Crippen LogP) is 4.69. The molecule has 0 unspecified atom stereocenters. The van der Waals surface area contributed by atoms with Crippen LogP contribution in [0.5, 0.6) is 0 Å². The molecule has 2 saturated heterocycles. The molecule has 0 amide bonds. The van der Waals surface area contributed by atoms with Crippen molar-refractivity contribution in [2.75, 3.05) is 19.6 Å². The van der Waals surface area contributed by atoms with Gasteiger partial charge in [0.25, 0.3) is 16.1 Å². The van der Waals surface area contributed by atoms with Crippen LogP contribution in [0.1, 0.15) is 41.7 Å². The van der Waals surface area contributed by atoms with Gasteiger partial charge < -0.3 is 4.90 Å². The van der Waals surface area contributed by atoms with E-state index in [0.717, 1.165) is 12.3 Å². The number of hydrogen-bond acceptors (Lipinski definition) is 7. The summed E-state index contributed by atoms with van der Waals surface area (Å²) < 4.78 is 98.3. The first kappa shape index (κ1) is 28.2. The summed E-state index contributed by atoms with van der Waals surface area (Å²) in [6, 6.07) is 3.41. The lowest BCUT2D eigenvalue weighted by molar-refractivity contribution is 0.0182. The summed E-state index contributed by atoms with van der Waals surface area (Å²) in [6.45, 7) is -4.11. The third kappa shape index (κ3) is 5.38. The average Bonchev–Trinajstić information content (AvgIpc) is 3.69. The fourth-order valence-electron chi connectivity index (χ4n) is 5.23. The molecule has 41 heavy (non-hydrogen) atoms. The molecule has 0 spiro atoms. The van der Waals surface area contributed by atoms with Gasteiger partial charge in [-0.1, -0.05) is 17.7 Å². The van der Waals surface area contributed by atoms with Crippen LogP contribution < -0.4 is 4.72 Å². The van der Waals surface area contributed by atoms with E-state index in [1.807, 2.05) is 0 Å². The van der Waals surface area contributed by atoms with Crippen molar-refractivity contribution < 1.29 is 30.4 Å². The Kier molecular flexibility index (Phi) is 7.17. The molecular formula is C24H21ClF5N7O2S2. The van der Waals surface area contributed by atoms with E-state index in [1.165, 1.54) is 29.5 Å². The fourth-order valence-corrected chi connectivity index (χ4v) is 7.56. The molecule has 2 atom stereocenters. The molecule has 3 aliphatic rings. The lowest BCUT2D eigenvalue weighted by Gasteiger charge is -2.32. The molecule has 5 heterocycles. The maximum absolute atomic E-state index is 14.0. The Hall–Kier alpha value is -2.92. The number of halogens is 6. The van der Waals surface area contributed by atoms with Crippen LogP contribution in [0.25, 0.3) is 5.57 Å². The highest BCUT2D eigenvalue weighted by molar-refractivity contribution is 7.87. The smallest absolute Gasteiger partial charge is 0.326 e. The van der Waals surface area contributed by atoms with Gasteiger partial charge in [-0.15, -0.1) is 11.3 Å². The topological polar surface area (TPSA) is 95.7 Å². The third-order valence-electron chi connectivity index (χ3n) is 7.02. The Morgan fingerprint density at radius 1 is 1.22 bits per heavy atom. The predicted molar refractivity (Wildman–Crippen MR) is 142 cm³/mol. The molecule has 3 aliphatic heterocycles. The van der Waals surface area contributed by atoms with E-state index in [1.54, 1.807) is 16.5 Å². The molecule has 2 fully saturated rings. The third-order valence-corrected chi connectivity index (χ3v) is 9.73. The number of nitrogens with one attached hydrogen (secondary N) is 1. The first-order valence-electron chi connectivity index (χ1n) is 12.3. The van der Waals surface area contributed by atoms with E-state index in [9.17, 15) is 30.4 Å². The summed E-state index contributed by atoms with van der Waals surface area (Å²) in [5.74, 6) is -3.33. The van der Waals surface area contributed by atoms with E-state index in [-0.39, 0.29) is 30.2 Å². The number of thiazole rings is 1. The van der Waals surface area contributed by atoms with Gasteiger partial charge in [0.15, 0.2) is 10.8 Å². The molecule has 1 N–H and O–H groups in total. The van der Waals surface area contributed by atoms with Gasteiger partial charge in [0.2, 0.25) is 0 Å². The summed E-state index contributed by atoms with van der Waals surface area (Å²) >= 11 is 7.71.